The zero-order valence-electron chi connectivity index (χ0n) is 18.9. The first kappa shape index (κ1) is 24.1. The van der Waals surface area contributed by atoms with Gasteiger partial charge < -0.3 is 25.1 Å². The molecule has 1 atom stereocenters. The monoisotopic (exact) mass is 442 g/mol. The predicted octanol–water partition coefficient (Wildman–Crippen LogP) is 3.56. The first-order valence-corrected chi connectivity index (χ1v) is 11.1. The number of phenols is 1. The highest BCUT2D eigenvalue weighted by atomic mass is 19.1. The number of rotatable bonds is 6. The molecule has 2 heterocycles. The van der Waals surface area contributed by atoms with Gasteiger partial charge in [-0.3, -0.25) is 4.79 Å². The largest absolute Gasteiger partial charge is 0.508 e. The Morgan fingerprint density at radius 2 is 2.12 bits per heavy atom. The van der Waals surface area contributed by atoms with Crippen LogP contribution >= 0.6 is 0 Å². The summed E-state index contributed by atoms with van der Waals surface area (Å²) in [6, 6.07) is 4.82. The third kappa shape index (κ3) is 5.24. The van der Waals surface area contributed by atoms with E-state index in [1.807, 2.05) is 6.92 Å². The van der Waals surface area contributed by atoms with Gasteiger partial charge >= 0.3 is 6.92 Å². The number of nitrogens with one attached hydrogen (secondary N) is 1. The minimum Gasteiger partial charge on any atom is -0.508 e. The number of piperidine rings is 1. The highest BCUT2D eigenvalue weighted by Gasteiger charge is 2.44. The predicted molar refractivity (Wildman–Crippen MR) is 124 cm³/mol. The number of benzene rings is 1. The summed E-state index contributed by atoms with van der Waals surface area (Å²) in [5, 5.41) is 23.9. The highest BCUT2D eigenvalue weighted by molar-refractivity contribution is 6.49. The van der Waals surface area contributed by atoms with Crippen LogP contribution in [0.3, 0.4) is 0 Å². The van der Waals surface area contributed by atoms with E-state index in [0.29, 0.717) is 35.4 Å². The number of carbonyl (C=O) groups is 1. The Kier molecular flexibility index (Phi) is 7.46. The van der Waals surface area contributed by atoms with Gasteiger partial charge in [0.05, 0.1) is 0 Å². The van der Waals surface area contributed by atoms with Crippen molar-refractivity contribution in [2.24, 2.45) is 0 Å². The Hall–Kier alpha value is -2.58. The maximum absolute atomic E-state index is 13.8. The van der Waals surface area contributed by atoms with Crippen LogP contribution in [0.5, 0.6) is 5.75 Å². The minimum absolute atomic E-state index is 0.0388. The Balaban J connectivity index is 1.96. The summed E-state index contributed by atoms with van der Waals surface area (Å²) in [5.74, 6) is -0.877. The number of hydrogen-bond donors (Lipinski definition) is 3. The van der Waals surface area contributed by atoms with Crippen LogP contribution in [0, 0.1) is 0 Å². The maximum atomic E-state index is 13.8. The van der Waals surface area contributed by atoms with Crippen LogP contribution in [0.15, 0.2) is 54.6 Å². The third-order valence-corrected chi connectivity index (χ3v) is 6.25. The van der Waals surface area contributed by atoms with Gasteiger partial charge in [0.25, 0.3) is 5.91 Å². The molecule has 0 aromatic heterocycles. The number of halogens is 1. The van der Waals surface area contributed by atoms with Crippen molar-refractivity contribution in [3.8, 4) is 5.75 Å². The first-order valence-electron chi connectivity index (χ1n) is 11.1. The van der Waals surface area contributed by atoms with Crippen molar-refractivity contribution in [2.75, 3.05) is 26.1 Å². The third-order valence-electron chi connectivity index (χ3n) is 6.25. The summed E-state index contributed by atoms with van der Waals surface area (Å²) in [6.07, 6.45) is 3.65. The molecule has 2 aliphatic rings. The second kappa shape index (κ2) is 9.92. The Labute approximate surface area is 189 Å². The summed E-state index contributed by atoms with van der Waals surface area (Å²) in [7, 11) is 0. The van der Waals surface area contributed by atoms with Crippen LogP contribution in [0.4, 0.5) is 4.39 Å². The Morgan fingerprint density at radius 3 is 2.69 bits per heavy atom. The molecular formula is C24H32BFN2O4. The van der Waals surface area contributed by atoms with Gasteiger partial charge in [0.2, 0.25) is 0 Å². The number of allylic oxidation sites excluding steroid dienone is 3. The van der Waals surface area contributed by atoms with Crippen molar-refractivity contribution < 1.29 is 24.1 Å². The summed E-state index contributed by atoms with van der Waals surface area (Å²) >= 11 is 0. The number of aromatic hydroxyl groups is 1. The quantitative estimate of drug-likeness (QED) is 0.587. The Bertz CT molecular complexity index is 925. The summed E-state index contributed by atoms with van der Waals surface area (Å²) in [6.45, 7) is 12.2. The minimum atomic E-state index is -0.650. The second-order valence-electron chi connectivity index (χ2n) is 8.73. The molecule has 3 rings (SSSR count). The fourth-order valence-corrected chi connectivity index (χ4v) is 4.68. The van der Waals surface area contributed by atoms with E-state index in [0.717, 1.165) is 25.9 Å². The molecule has 1 aromatic carbocycles. The van der Waals surface area contributed by atoms with Crippen molar-refractivity contribution in [3.63, 3.8) is 0 Å². The average Bonchev–Trinajstić information content (AvgIpc) is 2.73. The SMILES string of the molecule is C=C(F)/C=C1\C(=C)OC2(CCNCC2)CC1c1ccc(C(=O)N(CC)CB(C)O)cc1O. The molecule has 8 heteroatoms. The summed E-state index contributed by atoms with van der Waals surface area (Å²) in [4.78, 5) is 14.4. The number of carbonyl (C=O) groups excluding carboxylic acids is 1. The number of ether oxygens (including phenoxy) is 1. The fourth-order valence-electron chi connectivity index (χ4n) is 4.68. The van der Waals surface area contributed by atoms with Crippen LogP contribution in [-0.4, -0.2) is 59.5 Å². The van der Waals surface area contributed by atoms with Crippen LogP contribution < -0.4 is 5.32 Å². The van der Waals surface area contributed by atoms with E-state index in [2.05, 4.69) is 18.5 Å². The molecule has 0 saturated carbocycles. The van der Waals surface area contributed by atoms with Gasteiger partial charge in [-0.2, -0.15) is 0 Å². The zero-order chi connectivity index (χ0) is 23.5. The summed E-state index contributed by atoms with van der Waals surface area (Å²) in [5.41, 5.74) is 1.03. The molecule has 0 bridgehead atoms. The number of amides is 1. The smallest absolute Gasteiger partial charge is 0.305 e. The molecule has 1 spiro atoms. The van der Waals surface area contributed by atoms with Crippen LogP contribution in [-0.2, 0) is 4.74 Å². The Morgan fingerprint density at radius 1 is 1.44 bits per heavy atom. The van der Waals surface area contributed by atoms with E-state index < -0.39 is 18.3 Å². The van der Waals surface area contributed by atoms with Crippen molar-refractivity contribution in [2.45, 2.75) is 44.5 Å². The van der Waals surface area contributed by atoms with Crippen molar-refractivity contribution in [3.05, 3.63) is 65.7 Å². The second-order valence-corrected chi connectivity index (χ2v) is 8.73. The lowest BCUT2D eigenvalue weighted by Crippen LogP contribution is -2.47. The molecule has 1 aromatic rings. The van der Waals surface area contributed by atoms with Gasteiger partial charge in [-0.25, -0.2) is 4.39 Å². The highest BCUT2D eigenvalue weighted by Crippen LogP contribution is 2.49. The number of nitrogens with zero attached hydrogens (tertiary/aromatic N) is 1. The molecule has 172 valence electrons. The van der Waals surface area contributed by atoms with Crippen LogP contribution in [0.1, 0.15) is 48.0 Å². The molecule has 6 nitrogen and oxygen atoms in total. The molecule has 1 amide bonds. The van der Waals surface area contributed by atoms with E-state index in [9.17, 15) is 19.3 Å². The average molecular weight is 442 g/mol. The number of phenolic OH excluding ortho intramolecular Hbond substituents is 1. The molecule has 2 saturated heterocycles. The van der Waals surface area contributed by atoms with E-state index in [-0.39, 0.29) is 24.0 Å². The lowest BCUT2D eigenvalue weighted by molar-refractivity contribution is -0.0449. The normalized spacial score (nSPS) is 21.3. The van der Waals surface area contributed by atoms with E-state index >= 15 is 0 Å². The van der Waals surface area contributed by atoms with Gasteiger partial charge in [0.1, 0.15) is 22.9 Å². The molecule has 32 heavy (non-hydrogen) atoms. The summed E-state index contributed by atoms with van der Waals surface area (Å²) < 4.78 is 20.0. The van der Waals surface area contributed by atoms with Gasteiger partial charge in [-0.15, -0.1) is 0 Å². The maximum Gasteiger partial charge on any atom is 0.305 e. The van der Waals surface area contributed by atoms with E-state index in [1.165, 1.54) is 17.0 Å². The topological polar surface area (TPSA) is 82.0 Å². The molecular weight excluding hydrogens is 410 g/mol. The van der Waals surface area contributed by atoms with Crippen LogP contribution in [0.2, 0.25) is 6.82 Å². The molecule has 0 radical (unpaired) electrons. The van der Waals surface area contributed by atoms with Crippen molar-refractivity contribution in [1.82, 2.24) is 10.2 Å². The van der Waals surface area contributed by atoms with Gasteiger partial charge in [-0.1, -0.05) is 26.0 Å². The molecule has 1 unspecified atom stereocenters. The first-order chi connectivity index (χ1) is 15.2. The van der Waals surface area contributed by atoms with Crippen LogP contribution in [0.25, 0.3) is 0 Å². The fraction of sp³-hybridized carbons (Fsp3) is 0.458. The van der Waals surface area contributed by atoms with E-state index in [1.54, 1.807) is 19.0 Å². The molecule has 2 fully saturated rings. The van der Waals surface area contributed by atoms with Crippen molar-refractivity contribution in [1.29, 1.82) is 0 Å². The van der Waals surface area contributed by atoms with Crippen molar-refractivity contribution >= 4 is 12.8 Å². The zero-order valence-corrected chi connectivity index (χ0v) is 18.9. The van der Waals surface area contributed by atoms with Gasteiger partial charge in [0, 0.05) is 35.6 Å². The standard InChI is InChI=1S/C24H32BFN2O4/c1-5-28(15-25(4)31)23(30)18-6-7-19(22(29)13-18)21-14-24(8-10-27-11-9-24)32-17(3)20(21)12-16(2)26/h6-7,12-13,21,27,29,31H,2-3,5,8-11,14-15H2,1,4H3/b20-12+. The number of hydrogen-bond acceptors (Lipinski definition) is 5. The molecule has 2 aliphatic heterocycles. The lowest BCUT2D eigenvalue weighted by Gasteiger charge is -2.46. The van der Waals surface area contributed by atoms with Gasteiger partial charge in [0.15, 0.2) is 0 Å². The molecule has 3 N–H and O–H groups in total. The molecule has 0 aliphatic carbocycles. The van der Waals surface area contributed by atoms with E-state index in [4.69, 9.17) is 4.74 Å². The lowest BCUT2D eigenvalue weighted by atomic mass is 9.71. The van der Waals surface area contributed by atoms with Gasteiger partial charge in [-0.05, 0) is 57.5 Å².